The molecule has 0 saturated heterocycles. The van der Waals surface area contributed by atoms with Gasteiger partial charge in [0.25, 0.3) is 5.91 Å². The van der Waals surface area contributed by atoms with Crippen LogP contribution in [0.5, 0.6) is 0 Å². The van der Waals surface area contributed by atoms with Crippen molar-refractivity contribution < 1.29 is 14.4 Å². The third-order valence-corrected chi connectivity index (χ3v) is 4.78. The van der Waals surface area contributed by atoms with Crippen LogP contribution < -0.4 is 16.0 Å². The van der Waals surface area contributed by atoms with Crippen molar-refractivity contribution >= 4 is 34.8 Å². The molecule has 0 heterocycles. The zero-order valence-corrected chi connectivity index (χ0v) is 16.9. The maximum Gasteiger partial charge on any atom is 0.253 e. The Balaban J connectivity index is 1.59. The molecule has 1 aliphatic carbocycles. The molecule has 0 atom stereocenters. The van der Waals surface area contributed by atoms with Gasteiger partial charge in [0, 0.05) is 42.6 Å². The molecule has 0 bridgehead atoms. The topological polar surface area (TPSA) is 90.5 Å². The summed E-state index contributed by atoms with van der Waals surface area (Å²) in [5.74, 6) is -0.167. The predicted molar refractivity (Wildman–Crippen MR) is 114 cm³/mol. The molecular weight excluding hydrogens is 368 g/mol. The van der Waals surface area contributed by atoms with Crippen LogP contribution in [0.3, 0.4) is 0 Å². The Morgan fingerprint density at radius 3 is 2.31 bits per heavy atom. The van der Waals surface area contributed by atoms with Crippen LogP contribution in [0.25, 0.3) is 0 Å². The minimum absolute atomic E-state index is 0.0328. The number of hydrogen-bond acceptors (Lipinski definition) is 4. The van der Waals surface area contributed by atoms with Gasteiger partial charge in [0.2, 0.25) is 11.8 Å². The van der Waals surface area contributed by atoms with E-state index in [9.17, 15) is 14.4 Å². The fourth-order valence-corrected chi connectivity index (χ4v) is 2.88. The lowest BCUT2D eigenvalue weighted by Gasteiger charge is -2.14. The van der Waals surface area contributed by atoms with Crippen molar-refractivity contribution in [1.82, 2.24) is 4.90 Å². The Bertz CT molecular complexity index is 935. The minimum Gasteiger partial charge on any atom is -0.376 e. The molecule has 0 spiro atoms. The molecule has 1 saturated carbocycles. The highest BCUT2D eigenvalue weighted by atomic mass is 16.2. The summed E-state index contributed by atoms with van der Waals surface area (Å²) in [4.78, 5) is 37.9. The molecule has 152 valence electrons. The Kier molecular flexibility index (Phi) is 6.16. The zero-order chi connectivity index (χ0) is 21.0. The molecular formula is C22H26N4O3. The van der Waals surface area contributed by atoms with Gasteiger partial charge in [0.15, 0.2) is 0 Å². The smallest absolute Gasteiger partial charge is 0.253 e. The molecule has 0 radical (unpaired) electrons. The summed E-state index contributed by atoms with van der Waals surface area (Å²) in [6.45, 7) is 1.92. The molecule has 2 aromatic carbocycles. The Labute approximate surface area is 170 Å². The number of anilines is 3. The summed E-state index contributed by atoms with van der Waals surface area (Å²) in [5.41, 5.74) is 3.42. The van der Waals surface area contributed by atoms with Crippen molar-refractivity contribution in [2.45, 2.75) is 19.8 Å². The molecule has 0 aromatic heterocycles. The molecule has 29 heavy (non-hydrogen) atoms. The Morgan fingerprint density at radius 1 is 1.00 bits per heavy atom. The second kappa shape index (κ2) is 8.77. The first kappa shape index (κ1) is 20.4. The first-order valence-electron chi connectivity index (χ1n) is 9.61. The van der Waals surface area contributed by atoms with E-state index in [0.29, 0.717) is 22.6 Å². The highest BCUT2D eigenvalue weighted by Crippen LogP contribution is 2.31. The summed E-state index contributed by atoms with van der Waals surface area (Å²) in [6.07, 6.45) is 1.88. The van der Waals surface area contributed by atoms with Crippen molar-refractivity contribution in [3.8, 4) is 0 Å². The van der Waals surface area contributed by atoms with E-state index < -0.39 is 0 Å². The SMILES string of the molecule is Cc1c(NC(=O)CNc2cccc(C(=O)N(C)C)c2)cccc1NC(=O)C1CC1. The molecule has 2 aromatic rings. The number of amides is 3. The maximum atomic E-state index is 12.4. The number of nitrogens with zero attached hydrogens (tertiary/aromatic N) is 1. The van der Waals surface area contributed by atoms with Crippen LogP contribution in [0, 0.1) is 12.8 Å². The number of benzene rings is 2. The second-order valence-corrected chi connectivity index (χ2v) is 7.42. The third-order valence-electron chi connectivity index (χ3n) is 4.78. The van der Waals surface area contributed by atoms with Crippen LogP contribution in [0.1, 0.15) is 28.8 Å². The van der Waals surface area contributed by atoms with E-state index in [-0.39, 0.29) is 30.2 Å². The number of nitrogens with one attached hydrogen (secondary N) is 3. The molecule has 1 fully saturated rings. The number of carbonyl (C=O) groups is 3. The lowest BCUT2D eigenvalue weighted by molar-refractivity contribution is -0.117. The fraction of sp³-hybridized carbons (Fsp3) is 0.318. The van der Waals surface area contributed by atoms with E-state index in [1.54, 1.807) is 50.5 Å². The summed E-state index contributed by atoms with van der Waals surface area (Å²) in [6, 6.07) is 12.5. The second-order valence-electron chi connectivity index (χ2n) is 7.42. The van der Waals surface area contributed by atoms with Crippen LogP contribution >= 0.6 is 0 Å². The van der Waals surface area contributed by atoms with E-state index >= 15 is 0 Å². The molecule has 0 aliphatic heterocycles. The normalized spacial score (nSPS) is 12.8. The molecule has 3 amide bonds. The first-order valence-corrected chi connectivity index (χ1v) is 9.61. The van der Waals surface area contributed by atoms with Gasteiger partial charge in [0.1, 0.15) is 0 Å². The monoisotopic (exact) mass is 394 g/mol. The van der Waals surface area contributed by atoms with Crippen molar-refractivity contribution in [3.63, 3.8) is 0 Å². The van der Waals surface area contributed by atoms with Crippen molar-refractivity contribution in [3.05, 3.63) is 53.6 Å². The van der Waals surface area contributed by atoms with Crippen molar-refractivity contribution in [2.24, 2.45) is 5.92 Å². The first-order chi connectivity index (χ1) is 13.8. The average molecular weight is 394 g/mol. The molecule has 3 N–H and O–H groups in total. The molecule has 7 heteroatoms. The maximum absolute atomic E-state index is 12.4. The summed E-state index contributed by atoms with van der Waals surface area (Å²) in [5, 5.41) is 8.83. The van der Waals surface area contributed by atoms with Gasteiger partial charge >= 0.3 is 0 Å². The number of hydrogen-bond donors (Lipinski definition) is 3. The van der Waals surface area contributed by atoms with E-state index in [4.69, 9.17) is 0 Å². The van der Waals surface area contributed by atoms with Gasteiger partial charge in [-0.2, -0.15) is 0 Å². The van der Waals surface area contributed by atoms with Gasteiger partial charge in [-0.05, 0) is 55.7 Å². The number of rotatable bonds is 7. The molecule has 7 nitrogen and oxygen atoms in total. The van der Waals surface area contributed by atoms with Crippen LogP contribution in [0.15, 0.2) is 42.5 Å². The van der Waals surface area contributed by atoms with Gasteiger partial charge in [-0.15, -0.1) is 0 Å². The van der Waals surface area contributed by atoms with E-state index in [1.807, 2.05) is 13.0 Å². The van der Waals surface area contributed by atoms with Crippen LogP contribution in [0.4, 0.5) is 17.1 Å². The van der Waals surface area contributed by atoms with Crippen molar-refractivity contribution in [2.75, 3.05) is 36.6 Å². The average Bonchev–Trinajstić information content (AvgIpc) is 3.54. The van der Waals surface area contributed by atoms with Gasteiger partial charge in [-0.3, -0.25) is 14.4 Å². The number of carbonyl (C=O) groups excluding carboxylic acids is 3. The van der Waals surface area contributed by atoms with E-state index in [1.165, 1.54) is 4.90 Å². The predicted octanol–water partition coefficient (Wildman–Crippen LogP) is 3.10. The Hall–Kier alpha value is -3.35. The highest BCUT2D eigenvalue weighted by Gasteiger charge is 2.29. The zero-order valence-electron chi connectivity index (χ0n) is 16.9. The highest BCUT2D eigenvalue weighted by molar-refractivity contribution is 5.99. The summed E-state index contributed by atoms with van der Waals surface area (Å²) < 4.78 is 0. The summed E-state index contributed by atoms with van der Waals surface area (Å²) >= 11 is 0. The Morgan fingerprint density at radius 2 is 1.66 bits per heavy atom. The molecule has 3 rings (SSSR count). The lowest BCUT2D eigenvalue weighted by Crippen LogP contribution is -2.23. The van der Waals surface area contributed by atoms with Crippen LogP contribution in [-0.4, -0.2) is 43.3 Å². The van der Waals surface area contributed by atoms with Gasteiger partial charge < -0.3 is 20.9 Å². The van der Waals surface area contributed by atoms with Gasteiger partial charge in [0.05, 0.1) is 6.54 Å². The largest absolute Gasteiger partial charge is 0.376 e. The van der Waals surface area contributed by atoms with Gasteiger partial charge in [-0.25, -0.2) is 0 Å². The quantitative estimate of drug-likeness (QED) is 0.673. The summed E-state index contributed by atoms with van der Waals surface area (Å²) in [7, 11) is 3.39. The fourth-order valence-electron chi connectivity index (χ4n) is 2.88. The van der Waals surface area contributed by atoms with Gasteiger partial charge in [-0.1, -0.05) is 12.1 Å². The van der Waals surface area contributed by atoms with Crippen LogP contribution in [-0.2, 0) is 9.59 Å². The van der Waals surface area contributed by atoms with E-state index in [0.717, 1.165) is 18.4 Å². The standard InChI is InChI=1S/C22H26N4O3/c1-14-18(8-5-9-19(14)25-21(28)15-10-11-15)24-20(27)13-23-17-7-4-6-16(12-17)22(29)26(2)3/h4-9,12,15,23H,10-11,13H2,1-3H3,(H,24,27)(H,25,28). The molecule has 0 unspecified atom stereocenters. The lowest BCUT2D eigenvalue weighted by atomic mass is 10.1. The third kappa shape index (κ3) is 5.34. The minimum atomic E-state index is -0.219. The molecule has 1 aliphatic rings. The van der Waals surface area contributed by atoms with Crippen molar-refractivity contribution in [1.29, 1.82) is 0 Å². The van der Waals surface area contributed by atoms with Crippen LogP contribution in [0.2, 0.25) is 0 Å². The van der Waals surface area contributed by atoms with E-state index in [2.05, 4.69) is 16.0 Å².